The Morgan fingerprint density at radius 3 is 2.13 bits per heavy atom. The number of benzene rings is 1. The lowest BCUT2D eigenvalue weighted by Gasteiger charge is -2.22. The summed E-state index contributed by atoms with van der Waals surface area (Å²) in [5.74, 6) is -0.411. The van der Waals surface area contributed by atoms with Crippen molar-refractivity contribution in [3.63, 3.8) is 0 Å². The first-order valence-corrected chi connectivity index (χ1v) is 7.75. The Hall–Kier alpha value is -2.04. The second-order valence-electron chi connectivity index (χ2n) is 7.40. The van der Waals surface area contributed by atoms with E-state index >= 15 is 0 Å². The molecule has 5 heteroatoms. The maximum Gasteiger partial charge on any atom is 0.412 e. The number of rotatable bonds is 3. The van der Waals surface area contributed by atoms with Gasteiger partial charge in [-0.25, -0.2) is 9.59 Å². The highest BCUT2D eigenvalue weighted by Gasteiger charge is 2.20. The maximum atomic E-state index is 12.0. The molecule has 0 aromatic heterocycles. The molecule has 0 aliphatic rings. The van der Waals surface area contributed by atoms with E-state index in [0.717, 1.165) is 5.56 Å². The molecule has 23 heavy (non-hydrogen) atoms. The van der Waals surface area contributed by atoms with Crippen molar-refractivity contribution in [3.05, 3.63) is 29.3 Å². The van der Waals surface area contributed by atoms with Crippen molar-refractivity contribution in [1.29, 1.82) is 0 Å². The van der Waals surface area contributed by atoms with Crippen LogP contribution in [0.1, 0.15) is 64.4 Å². The molecule has 5 nitrogen and oxygen atoms in total. The standard InChI is InChI=1S/C18H27NO4/c1-8-22-15(20)12-9-13(17(2,3)4)11-14(10-12)19-16(21)23-18(5,6)7/h9-11H,8H2,1-7H3,(H,19,21). The summed E-state index contributed by atoms with van der Waals surface area (Å²) in [5, 5.41) is 2.68. The second kappa shape index (κ2) is 7.02. The van der Waals surface area contributed by atoms with Gasteiger partial charge in [-0.2, -0.15) is 0 Å². The number of hydrogen-bond acceptors (Lipinski definition) is 4. The van der Waals surface area contributed by atoms with E-state index in [2.05, 4.69) is 5.32 Å². The van der Waals surface area contributed by atoms with Crippen LogP contribution in [0.15, 0.2) is 18.2 Å². The molecule has 0 radical (unpaired) electrons. The average molecular weight is 321 g/mol. The average Bonchev–Trinajstić information content (AvgIpc) is 2.35. The van der Waals surface area contributed by atoms with Crippen molar-refractivity contribution in [2.75, 3.05) is 11.9 Å². The summed E-state index contributed by atoms with van der Waals surface area (Å²) < 4.78 is 10.3. The molecule has 0 saturated carbocycles. The second-order valence-corrected chi connectivity index (χ2v) is 7.40. The molecule has 0 heterocycles. The van der Waals surface area contributed by atoms with E-state index in [1.807, 2.05) is 26.8 Å². The fourth-order valence-corrected chi connectivity index (χ4v) is 1.89. The van der Waals surface area contributed by atoms with Gasteiger partial charge >= 0.3 is 12.1 Å². The van der Waals surface area contributed by atoms with Crippen LogP contribution in [-0.4, -0.2) is 24.3 Å². The van der Waals surface area contributed by atoms with Crippen molar-refractivity contribution < 1.29 is 19.1 Å². The van der Waals surface area contributed by atoms with Crippen molar-refractivity contribution in [2.45, 2.75) is 59.5 Å². The van der Waals surface area contributed by atoms with Gasteiger partial charge in [0.05, 0.1) is 12.2 Å². The van der Waals surface area contributed by atoms with Crippen molar-refractivity contribution >= 4 is 17.7 Å². The summed E-state index contributed by atoms with van der Waals surface area (Å²) in [7, 11) is 0. The topological polar surface area (TPSA) is 64.6 Å². The van der Waals surface area contributed by atoms with Crippen LogP contribution in [0, 0.1) is 0 Å². The highest BCUT2D eigenvalue weighted by atomic mass is 16.6. The van der Waals surface area contributed by atoms with Crippen LogP contribution in [0.2, 0.25) is 0 Å². The van der Waals surface area contributed by atoms with Crippen molar-refractivity contribution in [2.24, 2.45) is 0 Å². The van der Waals surface area contributed by atoms with Gasteiger partial charge in [0.1, 0.15) is 5.60 Å². The molecular formula is C18H27NO4. The minimum Gasteiger partial charge on any atom is -0.462 e. The van der Waals surface area contributed by atoms with E-state index in [1.54, 1.807) is 39.8 Å². The smallest absolute Gasteiger partial charge is 0.412 e. The van der Waals surface area contributed by atoms with Crippen molar-refractivity contribution in [3.8, 4) is 0 Å². The predicted octanol–water partition coefficient (Wildman–Crippen LogP) is 4.51. The summed E-state index contributed by atoms with van der Waals surface area (Å²) in [4.78, 5) is 24.0. The molecule has 128 valence electrons. The van der Waals surface area contributed by atoms with Gasteiger partial charge < -0.3 is 9.47 Å². The summed E-state index contributed by atoms with van der Waals surface area (Å²) in [6.45, 7) is 13.5. The van der Waals surface area contributed by atoms with Crippen LogP contribution in [0.4, 0.5) is 10.5 Å². The Balaban J connectivity index is 3.13. The van der Waals surface area contributed by atoms with Crippen LogP contribution in [-0.2, 0) is 14.9 Å². The molecule has 0 aliphatic heterocycles. The zero-order chi connectivity index (χ0) is 17.8. The van der Waals surface area contributed by atoms with Gasteiger partial charge in [-0.3, -0.25) is 5.32 Å². The molecule has 1 aromatic carbocycles. The van der Waals surface area contributed by atoms with E-state index in [1.165, 1.54) is 0 Å². The summed E-state index contributed by atoms with van der Waals surface area (Å²) >= 11 is 0. The number of carbonyl (C=O) groups is 2. The molecule has 1 N–H and O–H groups in total. The van der Waals surface area contributed by atoms with Crippen LogP contribution >= 0.6 is 0 Å². The van der Waals surface area contributed by atoms with E-state index in [0.29, 0.717) is 17.9 Å². The number of nitrogens with one attached hydrogen (secondary N) is 1. The fraction of sp³-hybridized carbons (Fsp3) is 0.556. The first-order valence-electron chi connectivity index (χ1n) is 7.75. The number of anilines is 1. The number of hydrogen-bond donors (Lipinski definition) is 1. The van der Waals surface area contributed by atoms with Gasteiger partial charge in [0.2, 0.25) is 0 Å². The Kier molecular flexibility index (Phi) is 5.81. The van der Waals surface area contributed by atoms with Crippen LogP contribution < -0.4 is 5.32 Å². The van der Waals surface area contributed by atoms with E-state index < -0.39 is 17.7 Å². The van der Waals surface area contributed by atoms with E-state index in [-0.39, 0.29) is 5.41 Å². The van der Waals surface area contributed by atoms with Gasteiger partial charge in [0.25, 0.3) is 0 Å². The zero-order valence-corrected chi connectivity index (χ0v) is 15.1. The van der Waals surface area contributed by atoms with Gasteiger partial charge in [0, 0.05) is 5.69 Å². The molecule has 0 atom stereocenters. The largest absolute Gasteiger partial charge is 0.462 e. The predicted molar refractivity (Wildman–Crippen MR) is 91.0 cm³/mol. The normalized spacial score (nSPS) is 11.8. The minimum absolute atomic E-state index is 0.174. The first kappa shape index (κ1) is 19.0. The fourth-order valence-electron chi connectivity index (χ4n) is 1.89. The maximum absolute atomic E-state index is 12.0. The number of ether oxygens (including phenoxy) is 2. The lowest BCUT2D eigenvalue weighted by Crippen LogP contribution is -2.27. The molecule has 0 aliphatic carbocycles. The van der Waals surface area contributed by atoms with E-state index in [9.17, 15) is 9.59 Å². The van der Waals surface area contributed by atoms with Crippen LogP contribution in [0.3, 0.4) is 0 Å². The third-order valence-corrected chi connectivity index (χ3v) is 2.96. The Morgan fingerprint density at radius 1 is 1.04 bits per heavy atom. The molecule has 0 unspecified atom stereocenters. The molecule has 0 saturated heterocycles. The summed E-state index contributed by atoms with van der Waals surface area (Å²) in [5.41, 5.74) is 1.08. The molecule has 0 spiro atoms. The summed E-state index contributed by atoms with van der Waals surface area (Å²) in [6, 6.07) is 5.22. The highest BCUT2D eigenvalue weighted by Crippen LogP contribution is 2.27. The van der Waals surface area contributed by atoms with Crippen LogP contribution in [0.5, 0.6) is 0 Å². The number of carbonyl (C=O) groups excluding carboxylic acids is 2. The Bertz CT molecular complexity index is 580. The molecule has 1 rings (SSSR count). The Labute approximate surface area is 138 Å². The third kappa shape index (κ3) is 6.30. The van der Waals surface area contributed by atoms with E-state index in [4.69, 9.17) is 9.47 Å². The number of esters is 1. The zero-order valence-electron chi connectivity index (χ0n) is 15.1. The monoisotopic (exact) mass is 321 g/mol. The molecule has 1 aromatic rings. The minimum atomic E-state index is -0.588. The van der Waals surface area contributed by atoms with Gasteiger partial charge in [-0.15, -0.1) is 0 Å². The molecular weight excluding hydrogens is 294 g/mol. The lowest BCUT2D eigenvalue weighted by atomic mass is 9.86. The first-order chi connectivity index (χ1) is 10.4. The molecule has 0 fully saturated rings. The Morgan fingerprint density at radius 2 is 1.65 bits per heavy atom. The highest BCUT2D eigenvalue weighted by molar-refractivity contribution is 5.93. The van der Waals surface area contributed by atoms with Gasteiger partial charge in [-0.1, -0.05) is 20.8 Å². The summed E-state index contributed by atoms with van der Waals surface area (Å²) in [6.07, 6.45) is -0.557. The third-order valence-electron chi connectivity index (χ3n) is 2.96. The molecule has 1 amide bonds. The lowest BCUT2D eigenvalue weighted by molar-refractivity contribution is 0.0524. The molecule has 0 bridgehead atoms. The SMILES string of the molecule is CCOC(=O)c1cc(NC(=O)OC(C)(C)C)cc(C(C)(C)C)c1. The van der Waals surface area contributed by atoms with Gasteiger partial charge in [0.15, 0.2) is 0 Å². The quantitative estimate of drug-likeness (QED) is 0.832. The van der Waals surface area contributed by atoms with Gasteiger partial charge in [-0.05, 0) is 56.9 Å². The van der Waals surface area contributed by atoms with Crippen LogP contribution in [0.25, 0.3) is 0 Å². The number of amides is 1. The van der Waals surface area contributed by atoms with Crippen molar-refractivity contribution in [1.82, 2.24) is 0 Å².